The van der Waals surface area contributed by atoms with Gasteiger partial charge in [0.2, 0.25) is 0 Å². The minimum absolute atomic E-state index is 0.0345. The Morgan fingerprint density at radius 3 is 1.89 bits per heavy atom. The van der Waals surface area contributed by atoms with Gasteiger partial charge in [0.05, 0.1) is 26.7 Å². The van der Waals surface area contributed by atoms with Crippen LogP contribution < -0.4 is 14.3 Å². The minimum atomic E-state index is -3.90. The molecule has 0 heterocycles. The number of carbonyl (C=O) groups excluding carboxylic acids is 1. The van der Waals surface area contributed by atoms with Crippen LogP contribution in [-0.2, 0) is 20.0 Å². The fourth-order valence-electron chi connectivity index (χ4n) is 3.90. The number of benzene rings is 4. The molecule has 0 aromatic heterocycles. The standard InChI is InChI=1S/C28H27N3O5S2/c1-20-10-9-11-21(2)27(20)30-37(33,34)23-18-16-22(17-19-23)29-28(32)25-14-7-8-15-26(25)31(3)38(35,36)24-12-5-4-6-13-24/h4-19,30H,1-3H3,(H,29,32). The van der Waals surface area contributed by atoms with Crippen LogP contribution in [0.3, 0.4) is 0 Å². The van der Waals surface area contributed by atoms with Crippen LogP contribution in [0.25, 0.3) is 0 Å². The first-order chi connectivity index (χ1) is 18.0. The maximum atomic E-state index is 13.1. The summed E-state index contributed by atoms with van der Waals surface area (Å²) in [7, 11) is -6.36. The van der Waals surface area contributed by atoms with Gasteiger partial charge < -0.3 is 5.32 Å². The van der Waals surface area contributed by atoms with Crippen LogP contribution in [0.15, 0.2) is 107 Å². The van der Waals surface area contributed by atoms with Crippen LogP contribution in [0.1, 0.15) is 21.5 Å². The van der Waals surface area contributed by atoms with E-state index < -0.39 is 26.0 Å². The molecule has 0 atom stereocenters. The van der Waals surface area contributed by atoms with Crippen molar-refractivity contribution < 1.29 is 21.6 Å². The first kappa shape index (κ1) is 26.9. The van der Waals surface area contributed by atoms with E-state index in [1.807, 2.05) is 32.0 Å². The summed E-state index contributed by atoms with van der Waals surface area (Å²) in [5.74, 6) is -0.542. The number of nitrogens with zero attached hydrogens (tertiary/aromatic N) is 1. The molecule has 0 spiro atoms. The highest BCUT2D eigenvalue weighted by Gasteiger charge is 2.25. The Morgan fingerprint density at radius 1 is 0.684 bits per heavy atom. The van der Waals surface area contributed by atoms with Crippen LogP contribution in [0.5, 0.6) is 0 Å². The van der Waals surface area contributed by atoms with Crippen molar-refractivity contribution in [2.75, 3.05) is 21.4 Å². The maximum absolute atomic E-state index is 13.1. The molecule has 4 rings (SSSR count). The zero-order valence-electron chi connectivity index (χ0n) is 21.0. The molecule has 38 heavy (non-hydrogen) atoms. The monoisotopic (exact) mass is 549 g/mol. The lowest BCUT2D eigenvalue weighted by Gasteiger charge is -2.22. The zero-order chi connectivity index (χ0) is 27.5. The van der Waals surface area contributed by atoms with Crippen molar-refractivity contribution >= 4 is 43.0 Å². The molecule has 10 heteroatoms. The molecule has 8 nitrogen and oxygen atoms in total. The molecule has 0 aliphatic carbocycles. The number of hydrogen-bond acceptors (Lipinski definition) is 5. The van der Waals surface area contributed by atoms with Gasteiger partial charge in [0.25, 0.3) is 26.0 Å². The Hall–Kier alpha value is -4.15. The van der Waals surface area contributed by atoms with Crippen LogP contribution in [-0.4, -0.2) is 29.8 Å². The Labute approximate surface area is 223 Å². The highest BCUT2D eigenvalue weighted by atomic mass is 32.2. The van der Waals surface area contributed by atoms with Gasteiger partial charge >= 0.3 is 0 Å². The van der Waals surface area contributed by atoms with E-state index in [1.165, 1.54) is 49.5 Å². The van der Waals surface area contributed by atoms with Crippen molar-refractivity contribution in [3.8, 4) is 0 Å². The number of carbonyl (C=O) groups is 1. The van der Waals surface area contributed by atoms with Gasteiger partial charge in [-0.15, -0.1) is 0 Å². The van der Waals surface area contributed by atoms with Crippen molar-refractivity contribution in [2.24, 2.45) is 0 Å². The Morgan fingerprint density at radius 2 is 1.26 bits per heavy atom. The van der Waals surface area contributed by atoms with E-state index in [0.29, 0.717) is 11.4 Å². The third-order valence-corrected chi connectivity index (χ3v) is 9.18. The van der Waals surface area contributed by atoms with E-state index in [2.05, 4.69) is 10.0 Å². The second-order valence-electron chi connectivity index (χ2n) is 8.65. The Bertz CT molecular complexity index is 1670. The van der Waals surface area contributed by atoms with Crippen LogP contribution in [0.4, 0.5) is 17.1 Å². The minimum Gasteiger partial charge on any atom is -0.322 e. The third-order valence-electron chi connectivity index (χ3n) is 6.03. The van der Waals surface area contributed by atoms with Gasteiger partial charge in [0.1, 0.15) is 0 Å². The molecule has 196 valence electrons. The number of amides is 1. The van der Waals surface area contributed by atoms with Gasteiger partial charge in [-0.25, -0.2) is 16.8 Å². The highest BCUT2D eigenvalue weighted by Crippen LogP contribution is 2.27. The van der Waals surface area contributed by atoms with Crippen LogP contribution in [0, 0.1) is 13.8 Å². The smallest absolute Gasteiger partial charge is 0.264 e. The van der Waals surface area contributed by atoms with Gasteiger partial charge in [-0.05, 0) is 73.5 Å². The number of nitrogens with one attached hydrogen (secondary N) is 2. The lowest BCUT2D eigenvalue weighted by Crippen LogP contribution is -2.29. The quantitative estimate of drug-likeness (QED) is 0.314. The average Bonchev–Trinajstić information content (AvgIpc) is 2.91. The second-order valence-corrected chi connectivity index (χ2v) is 12.3. The molecule has 4 aromatic rings. The van der Waals surface area contributed by atoms with Gasteiger partial charge in [-0.2, -0.15) is 0 Å². The summed E-state index contributed by atoms with van der Waals surface area (Å²) in [5, 5.41) is 2.72. The van der Waals surface area contributed by atoms with E-state index in [9.17, 15) is 21.6 Å². The molecule has 0 fully saturated rings. The molecule has 0 aliphatic heterocycles. The zero-order valence-corrected chi connectivity index (χ0v) is 22.7. The van der Waals surface area contributed by atoms with Gasteiger partial charge in [0.15, 0.2) is 0 Å². The predicted molar refractivity (Wildman–Crippen MR) is 150 cm³/mol. The van der Waals surface area contributed by atoms with Crippen LogP contribution >= 0.6 is 0 Å². The summed E-state index contributed by atoms with van der Waals surface area (Å²) in [4.78, 5) is 13.3. The van der Waals surface area contributed by atoms with Crippen molar-refractivity contribution in [3.05, 3.63) is 114 Å². The van der Waals surface area contributed by atoms with Crippen molar-refractivity contribution in [3.63, 3.8) is 0 Å². The second kappa shape index (κ2) is 10.7. The number of anilines is 3. The molecule has 0 saturated heterocycles. The van der Waals surface area contributed by atoms with Crippen molar-refractivity contribution in [1.29, 1.82) is 0 Å². The molecule has 1 amide bonds. The molecule has 0 bridgehead atoms. The van der Waals surface area contributed by atoms with Gasteiger partial charge in [0, 0.05) is 12.7 Å². The predicted octanol–water partition coefficient (Wildman–Crippen LogP) is 5.18. The molecular weight excluding hydrogens is 522 g/mol. The van der Waals surface area contributed by atoms with E-state index in [0.717, 1.165) is 15.4 Å². The normalized spacial score (nSPS) is 11.6. The number of sulfonamides is 2. The van der Waals surface area contributed by atoms with E-state index in [1.54, 1.807) is 36.4 Å². The number of hydrogen-bond donors (Lipinski definition) is 2. The summed E-state index contributed by atoms with van der Waals surface area (Å²) >= 11 is 0. The molecule has 4 aromatic carbocycles. The fraction of sp³-hybridized carbons (Fsp3) is 0.107. The molecular formula is C28H27N3O5S2. The first-order valence-corrected chi connectivity index (χ1v) is 14.6. The lowest BCUT2D eigenvalue weighted by molar-refractivity contribution is 0.102. The largest absolute Gasteiger partial charge is 0.322 e. The lowest BCUT2D eigenvalue weighted by atomic mass is 10.1. The third kappa shape index (κ3) is 5.56. The summed E-state index contributed by atoms with van der Waals surface area (Å²) < 4.78 is 55.8. The van der Waals surface area contributed by atoms with Gasteiger partial charge in [-0.3, -0.25) is 13.8 Å². The van der Waals surface area contributed by atoms with Crippen molar-refractivity contribution in [1.82, 2.24) is 0 Å². The highest BCUT2D eigenvalue weighted by molar-refractivity contribution is 7.93. The first-order valence-electron chi connectivity index (χ1n) is 11.6. The van der Waals surface area contributed by atoms with E-state index in [-0.39, 0.29) is 21.0 Å². The van der Waals surface area contributed by atoms with Gasteiger partial charge in [-0.1, -0.05) is 48.5 Å². The van der Waals surface area contributed by atoms with Crippen LogP contribution in [0.2, 0.25) is 0 Å². The average molecular weight is 550 g/mol. The number of rotatable bonds is 8. The molecule has 2 N–H and O–H groups in total. The SMILES string of the molecule is Cc1cccc(C)c1NS(=O)(=O)c1ccc(NC(=O)c2ccccc2N(C)S(=O)(=O)c2ccccc2)cc1. The topological polar surface area (TPSA) is 113 Å². The van der Waals surface area contributed by atoms with E-state index >= 15 is 0 Å². The van der Waals surface area contributed by atoms with E-state index in [4.69, 9.17) is 0 Å². The van der Waals surface area contributed by atoms with Crippen molar-refractivity contribution in [2.45, 2.75) is 23.6 Å². The Balaban J connectivity index is 1.55. The maximum Gasteiger partial charge on any atom is 0.264 e. The summed E-state index contributed by atoms with van der Waals surface area (Å²) in [6.07, 6.45) is 0. The summed E-state index contributed by atoms with van der Waals surface area (Å²) in [5.41, 5.74) is 2.82. The molecule has 0 saturated carbocycles. The number of para-hydroxylation sites is 2. The molecule has 0 radical (unpaired) electrons. The number of aryl methyl sites for hydroxylation is 2. The fourth-order valence-corrected chi connectivity index (χ4v) is 6.34. The molecule has 0 unspecified atom stereocenters. The summed E-state index contributed by atoms with van der Waals surface area (Å²) in [6.45, 7) is 3.65. The Kier molecular flexibility index (Phi) is 7.56. The molecule has 0 aliphatic rings. The summed E-state index contributed by atoms with van der Waals surface area (Å²) in [6, 6.07) is 25.5.